The van der Waals surface area contributed by atoms with Gasteiger partial charge in [-0.05, 0) is 12.1 Å². The van der Waals surface area contributed by atoms with Gasteiger partial charge in [-0.25, -0.2) is 4.39 Å². The predicted molar refractivity (Wildman–Crippen MR) is 73.4 cm³/mol. The first-order valence-corrected chi connectivity index (χ1v) is 6.70. The van der Waals surface area contributed by atoms with E-state index in [2.05, 4.69) is 4.90 Å². The van der Waals surface area contributed by atoms with Gasteiger partial charge in [0.25, 0.3) is 0 Å². The van der Waals surface area contributed by atoms with Crippen molar-refractivity contribution in [1.82, 2.24) is 4.90 Å². The van der Waals surface area contributed by atoms with Crippen LogP contribution in [0.15, 0.2) is 24.3 Å². The molecule has 20 heavy (non-hydrogen) atoms. The van der Waals surface area contributed by atoms with Crippen LogP contribution in [0.5, 0.6) is 0 Å². The summed E-state index contributed by atoms with van der Waals surface area (Å²) in [5.74, 6) is -0.421. The SMILES string of the molecule is COC1CN(CCC(=O)c2cccc(F)c2)CC1OC. The van der Waals surface area contributed by atoms with Gasteiger partial charge >= 0.3 is 0 Å². The zero-order chi connectivity index (χ0) is 14.5. The monoisotopic (exact) mass is 281 g/mol. The largest absolute Gasteiger partial charge is 0.377 e. The van der Waals surface area contributed by atoms with Crippen molar-refractivity contribution in [1.29, 1.82) is 0 Å². The summed E-state index contributed by atoms with van der Waals surface area (Å²) in [7, 11) is 3.33. The molecule has 1 aliphatic heterocycles. The number of benzene rings is 1. The number of hydrogen-bond donors (Lipinski definition) is 0. The van der Waals surface area contributed by atoms with Crippen molar-refractivity contribution in [2.24, 2.45) is 0 Å². The van der Waals surface area contributed by atoms with Crippen LogP contribution in [0.4, 0.5) is 4.39 Å². The molecule has 0 radical (unpaired) electrons. The number of halogens is 1. The second kappa shape index (κ2) is 6.92. The minimum absolute atomic E-state index is 0.0423. The summed E-state index contributed by atoms with van der Waals surface area (Å²) in [5.41, 5.74) is 0.427. The molecule has 0 bridgehead atoms. The molecular weight excluding hydrogens is 261 g/mol. The molecule has 0 N–H and O–H groups in total. The first-order valence-electron chi connectivity index (χ1n) is 6.70. The topological polar surface area (TPSA) is 38.8 Å². The zero-order valence-corrected chi connectivity index (χ0v) is 11.8. The summed E-state index contributed by atoms with van der Waals surface area (Å²) in [5, 5.41) is 0. The third kappa shape index (κ3) is 3.62. The molecule has 110 valence electrons. The fraction of sp³-hybridized carbons (Fsp3) is 0.533. The standard InChI is InChI=1S/C15H20FNO3/c1-19-14-9-17(10-15(14)20-2)7-6-13(18)11-4-3-5-12(16)8-11/h3-5,8,14-15H,6-7,9-10H2,1-2H3. The van der Waals surface area contributed by atoms with Crippen molar-refractivity contribution >= 4 is 5.78 Å². The van der Waals surface area contributed by atoms with Gasteiger partial charge in [-0.3, -0.25) is 9.69 Å². The Bertz CT molecular complexity index is 454. The van der Waals surface area contributed by atoms with Crippen LogP contribution < -0.4 is 0 Å². The minimum atomic E-state index is -0.379. The summed E-state index contributed by atoms with van der Waals surface area (Å²) in [6.45, 7) is 2.14. The van der Waals surface area contributed by atoms with Crippen LogP contribution in [0.25, 0.3) is 0 Å². The van der Waals surface area contributed by atoms with Crippen molar-refractivity contribution in [3.8, 4) is 0 Å². The van der Waals surface area contributed by atoms with Crippen molar-refractivity contribution in [2.45, 2.75) is 18.6 Å². The molecule has 0 amide bonds. The molecule has 1 aliphatic rings. The van der Waals surface area contributed by atoms with Gasteiger partial charge in [-0.2, -0.15) is 0 Å². The highest BCUT2D eigenvalue weighted by atomic mass is 19.1. The van der Waals surface area contributed by atoms with Crippen LogP contribution in [-0.4, -0.2) is 56.7 Å². The second-order valence-corrected chi connectivity index (χ2v) is 4.99. The van der Waals surface area contributed by atoms with Gasteiger partial charge in [0.15, 0.2) is 5.78 Å². The number of ketones is 1. The van der Waals surface area contributed by atoms with E-state index in [1.165, 1.54) is 12.1 Å². The van der Waals surface area contributed by atoms with Crippen molar-refractivity contribution in [3.05, 3.63) is 35.6 Å². The Labute approximate surface area is 118 Å². The van der Waals surface area contributed by atoms with Crippen LogP contribution in [0, 0.1) is 5.82 Å². The normalized spacial score (nSPS) is 23.1. The van der Waals surface area contributed by atoms with E-state index < -0.39 is 0 Å². The van der Waals surface area contributed by atoms with E-state index in [4.69, 9.17) is 9.47 Å². The van der Waals surface area contributed by atoms with Crippen molar-refractivity contribution in [3.63, 3.8) is 0 Å². The molecular formula is C15H20FNO3. The lowest BCUT2D eigenvalue weighted by molar-refractivity contribution is -0.00461. The zero-order valence-electron chi connectivity index (χ0n) is 11.8. The van der Waals surface area contributed by atoms with Gasteiger partial charge in [0, 0.05) is 45.8 Å². The molecule has 1 fully saturated rings. The number of hydrogen-bond acceptors (Lipinski definition) is 4. The Kier molecular flexibility index (Phi) is 5.23. The molecule has 5 heteroatoms. The molecule has 0 spiro atoms. The number of rotatable bonds is 6. The number of carbonyl (C=O) groups is 1. The molecule has 2 rings (SSSR count). The van der Waals surface area contributed by atoms with Crippen molar-refractivity contribution in [2.75, 3.05) is 33.9 Å². The Balaban J connectivity index is 1.85. The van der Waals surface area contributed by atoms with Crippen LogP contribution in [0.2, 0.25) is 0 Å². The number of likely N-dealkylation sites (tertiary alicyclic amines) is 1. The summed E-state index contributed by atoms with van der Waals surface area (Å²) in [6.07, 6.45) is 0.463. The van der Waals surface area contributed by atoms with Crippen LogP contribution in [-0.2, 0) is 9.47 Å². The van der Waals surface area contributed by atoms with Gasteiger partial charge in [-0.15, -0.1) is 0 Å². The van der Waals surface area contributed by atoms with E-state index in [-0.39, 0.29) is 23.8 Å². The van der Waals surface area contributed by atoms with E-state index >= 15 is 0 Å². The Morgan fingerprint density at radius 1 is 1.30 bits per heavy atom. The summed E-state index contributed by atoms with van der Waals surface area (Å²) < 4.78 is 23.8. The molecule has 0 aliphatic carbocycles. The number of carbonyl (C=O) groups excluding carboxylic acids is 1. The number of methoxy groups -OCH3 is 2. The third-order valence-corrected chi connectivity index (χ3v) is 3.70. The molecule has 2 unspecified atom stereocenters. The lowest BCUT2D eigenvalue weighted by Gasteiger charge is -2.14. The fourth-order valence-corrected chi connectivity index (χ4v) is 2.52. The van der Waals surface area contributed by atoms with E-state index in [0.717, 1.165) is 13.1 Å². The number of ether oxygens (including phenoxy) is 2. The molecule has 0 saturated carbocycles. The lowest BCUT2D eigenvalue weighted by atomic mass is 10.1. The van der Waals surface area contributed by atoms with Crippen molar-refractivity contribution < 1.29 is 18.7 Å². The first-order chi connectivity index (χ1) is 9.63. The molecule has 0 aromatic heterocycles. The smallest absolute Gasteiger partial charge is 0.164 e. The van der Waals surface area contributed by atoms with Gasteiger partial charge in [0.05, 0.1) is 12.2 Å². The van der Waals surface area contributed by atoms with Gasteiger partial charge < -0.3 is 9.47 Å². The van der Waals surface area contributed by atoms with Gasteiger partial charge in [0.2, 0.25) is 0 Å². The highest BCUT2D eigenvalue weighted by molar-refractivity contribution is 5.96. The fourth-order valence-electron chi connectivity index (χ4n) is 2.52. The summed E-state index contributed by atoms with van der Waals surface area (Å²) in [6, 6.07) is 5.82. The maximum Gasteiger partial charge on any atom is 0.164 e. The molecule has 1 heterocycles. The average molecular weight is 281 g/mol. The summed E-state index contributed by atoms with van der Waals surface area (Å²) in [4.78, 5) is 14.1. The second-order valence-electron chi connectivity index (χ2n) is 4.99. The summed E-state index contributed by atoms with van der Waals surface area (Å²) >= 11 is 0. The van der Waals surface area contributed by atoms with Crippen LogP contribution in [0.3, 0.4) is 0 Å². The van der Waals surface area contributed by atoms with Crippen LogP contribution in [0.1, 0.15) is 16.8 Å². The first kappa shape index (κ1) is 15.1. The molecule has 2 atom stereocenters. The highest BCUT2D eigenvalue weighted by Gasteiger charge is 2.32. The maximum atomic E-state index is 13.1. The van der Waals surface area contributed by atoms with E-state index in [1.807, 2.05) is 0 Å². The Hall–Kier alpha value is -1.30. The van der Waals surface area contributed by atoms with Crippen LogP contribution >= 0.6 is 0 Å². The minimum Gasteiger partial charge on any atom is -0.377 e. The van der Waals surface area contributed by atoms with E-state index in [9.17, 15) is 9.18 Å². The van der Waals surface area contributed by atoms with Gasteiger partial charge in [0.1, 0.15) is 5.82 Å². The predicted octanol–water partition coefficient (Wildman–Crippen LogP) is 1.74. The third-order valence-electron chi connectivity index (χ3n) is 3.70. The van der Waals surface area contributed by atoms with Gasteiger partial charge in [-0.1, -0.05) is 12.1 Å². The quantitative estimate of drug-likeness (QED) is 0.745. The number of Topliss-reactive ketones (excluding diaryl/α,β-unsaturated/α-hetero) is 1. The molecule has 1 aromatic carbocycles. The lowest BCUT2D eigenvalue weighted by Crippen LogP contribution is -2.27. The Morgan fingerprint density at radius 2 is 1.95 bits per heavy atom. The maximum absolute atomic E-state index is 13.1. The molecule has 1 saturated heterocycles. The molecule has 4 nitrogen and oxygen atoms in total. The van der Waals surface area contributed by atoms with E-state index in [1.54, 1.807) is 26.4 Å². The highest BCUT2D eigenvalue weighted by Crippen LogP contribution is 2.16. The number of nitrogens with zero attached hydrogens (tertiary/aromatic N) is 1. The van der Waals surface area contributed by atoms with E-state index in [0.29, 0.717) is 18.5 Å². The Morgan fingerprint density at radius 3 is 2.50 bits per heavy atom. The molecule has 1 aromatic rings. The average Bonchev–Trinajstić information content (AvgIpc) is 2.87.